The van der Waals surface area contributed by atoms with E-state index in [1.165, 1.54) is 0 Å². The van der Waals surface area contributed by atoms with Gasteiger partial charge in [0.25, 0.3) is 5.91 Å². The molecule has 3 saturated heterocycles. The first kappa shape index (κ1) is 28.9. The average molecular weight is 573 g/mol. The highest BCUT2D eigenvalue weighted by atomic mass is 28.4. The molecule has 0 radical (unpaired) electrons. The molecule has 4 heterocycles. The summed E-state index contributed by atoms with van der Waals surface area (Å²) in [5.74, 6) is -1.18. The number of hydrogen-bond donors (Lipinski definition) is 3. The van der Waals surface area contributed by atoms with E-state index in [-0.39, 0.29) is 49.4 Å². The Morgan fingerprint density at radius 3 is 2.75 bits per heavy atom. The van der Waals surface area contributed by atoms with Crippen molar-refractivity contribution in [2.75, 3.05) is 36.5 Å². The predicted molar refractivity (Wildman–Crippen MR) is 153 cm³/mol. The van der Waals surface area contributed by atoms with Crippen molar-refractivity contribution in [1.29, 1.82) is 0 Å². The van der Waals surface area contributed by atoms with Crippen LogP contribution in [-0.4, -0.2) is 80.6 Å². The standard InChI is InChI=1S/C29H41FN4O5Si/c1-5-13-34-23-11-10-19(32-27(37)22-9-6-12-31-22)15-21(23)29(28(34)38)18(2)26(40(3,4)30)24(39-29)16-25(36)33-14-7-8-20(33)17-35/h5,10-11,15,18,20,22,24,26,31,35H,1,6-9,12-14,16-17H2,2-4H3,(H,32,37)/t18-,20+,22-,24+,26-,29+/m1/s1. The third kappa shape index (κ3) is 4.80. The van der Waals surface area contributed by atoms with Gasteiger partial charge in [-0.1, -0.05) is 13.0 Å². The minimum absolute atomic E-state index is 0.0541. The first-order valence-corrected chi connectivity index (χ1v) is 17.4. The maximum Gasteiger partial charge on any atom is 0.264 e. The lowest BCUT2D eigenvalue weighted by atomic mass is 9.82. The molecule has 218 valence electrons. The van der Waals surface area contributed by atoms with Crippen LogP contribution < -0.4 is 15.5 Å². The van der Waals surface area contributed by atoms with E-state index in [1.54, 1.807) is 47.2 Å². The highest BCUT2D eigenvalue weighted by molar-refractivity contribution is 6.72. The van der Waals surface area contributed by atoms with Gasteiger partial charge >= 0.3 is 0 Å². The van der Waals surface area contributed by atoms with Crippen LogP contribution in [0.1, 0.15) is 44.6 Å². The first-order valence-electron chi connectivity index (χ1n) is 14.4. The number of rotatable bonds is 8. The Balaban J connectivity index is 1.52. The van der Waals surface area contributed by atoms with Crippen molar-refractivity contribution in [2.24, 2.45) is 5.92 Å². The van der Waals surface area contributed by atoms with E-state index >= 15 is 4.11 Å². The van der Waals surface area contributed by atoms with Crippen molar-refractivity contribution in [3.63, 3.8) is 0 Å². The number of carbonyl (C=O) groups is 3. The number of aliphatic hydroxyl groups excluding tert-OH is 1. The second-order valence-corrected chi connectivity index (χ2v) is 15.9. The minimum Gasteiger partial charge on any atom is -0.394 e. The van der Waals surface area contributed by atoms with Gasteiger partial charge in [0.1, 0.15) is 0 Å². The summed E-state index contributed by atoms with van der Waals surface area (Å²) in [4.78, 5) is 43.7. The molecule has 0 bridgehead atoms. The topological polar surface area (TPSA) is 111 Å². The lowest BCUT2D eigenvalue weighted by molar-refractivity contribution is -0.149. The number of amides is 3. The zero-order chi connectivity index (χ0) is 28.8. The SMILES string of the molecule is C=CCN1C(=O)[C@@]2(O[C@@H](CC(=O)N3CCC[C@H]3CO)[C@H]([Si](C)(C)F)[C@H]2C)c2cc(NC(=O)[C@H]3CCCN3)ccc21. The van der Waals surface area contributed by atoms with Crippen LogP contribution in [0.25, 0.3) is 0 Å². The Hall–Kier alpha value is -2.60. The molecular weight excluding hydrogens is 531 g/mol. The normalized spacial score (nSPS) is 31.7. The number of likely N-dealkylation sites (tertiary alicyclic amines) is 1. The quantitative estimate of drug-likeness (QED) is 0.251. The minimum atomic E-state index is -3.44. The van der Waals surface area contributed by atoms with E-state index in [4.69, 9.17) is 4.74 Å². The number of hydrogen-bond acceptors (Lipinski definition) is 6. The third-order valence-corrected chi connectivity index (χ3v) is 11.7. The fourth-order valence-electron chi connectivity index (χ4n) is 7.42. The molecule has 0 aromatic heterocycles. The highest BCUT2D eigenvalue weighted by Gasteiger charge is 2.67. The van der Waals surface area contributed by atoms with Crippen molar-refractivity contribution < 1.29 is 28.3 Å². The van der Waals surface area contributed by atoms with E-state index in [1.807, 2.05) is 6.92 Å². The summed E-state index contributed by atoms with van der Waals surface area (Å²) in [6, 6.07) is 4.82. The van der Waals surface area contributed by atoms with Gasteiger partial charge in [0.2, 0.25) is 20.2 Å². The van der Waals surface area contributed by atoms with Crippen molar-refractivity contribution >= 4 is 37.5 Å². The van der Waals surface area contributed by atoms with Crippen LogP contribution in [0.4, 0.5) is 15.5 Å². The van der Waals surface area contributed by atoms with Crippen LogP contribution in [-0.2, 0) is 24.7 Å². The van der Waals surface area contributed by atoms with E-state index in [0.717, 1.165) is 32.2 Å². The highest BCUT2D eigenvalue weighted by Crippen LogP contribution is 2.60. The van der Waals surface area contributed by atoms with Crippen LogP contribution in [0.2, 0.25) is 18.6 Å². The molecule has 1 spiro atoms. The Morgan fingerprint density at radius 1 is 1.32 bits per heavy atom. The molecule has 0 aliphatic carbocycles. The maximum atomic E-state index is 16.1. The number of anilines is 2. The number of benzene rings is 1. The number of fused-ring (bicyclic) bond motifs is 2. The summed E-state index contributed by atoms with van der Waals surface area (Å²) in [6.07, 6.45) is 4.02. The summed E-state index contributed by atoms with van der Waals surface area (Å²) in [5.41, 5.74) is -0.350. The van der Waals surface area contributed by atoms with Gasteiger partial charge in [-0.3, -0.25) is 14.4 Å². The lowest BCUT2D eigenvalue weighted by Crippen LogP contribution is -2.45. The van der Waals surface area contributed by atoms with Crippen molar-refractivity contribution in [3.8, 4) is 0 Å². The van der Waals surface area contributed by atoms with Crippen molar-refractivity contribution in [1.82, 2.24) is 10.2 Å². The number of ether oxygens (including phenoxy) is 1. The zero-order valence-electron chi connectivity index (χ0n) is 23.6. The second-order valence-electron chi connectivity index (χ2n) is 12.1. The zero-order valence-corrected chi connectivity index (χ0v) is 24.6. The van der Waals surface area contributed by atoms with Gasteiger partial charge in [-0.25, -0.2) is 0 Å². The summed E-state index contributed by atoms with van der Waals surface area (Å²) in [7, 11) is -3.44. The molecule has 11 heteroatoms. The lowest BCUT2D eigenvalue weighted by Gasteiger charge is -2.31. The van der Waals surface area contributed by atoms with Gasteiger partial charge < -0.3 is 34.4 Å². The molecule has 0 saturated carbocycles. The Morgan fingerprint density at radius 2 is 2.10 bits per heavy atom. The number of aliphatic hydroxyl groups is 1. The number of nitrogens with zero attached hydrogens (tertiary/aromatic N) is 2. The molecule has 1 aromatic rings. The van der Waals surface area contributed by atoms with E-state index < -0.39 is 31.6 Å². The van der Waals surface area contributed by atoms with Gasteiger partial charge in [0, 0.05) is 35.8 Å². The largest absolute Gasteiger partial charge is 0.394 e. The Labute approximate surface area is 236 Å². The van der Waals surface area contributed by atoms with E-state index in [0.29, 0.717) is 23.5 Å². The van der Waals surface area contributed by atoms with Crippen LogP contribution in [0.3, 0.4) is 0 Å². The molecule has 3 amide bonds. The van der Waals surface area contributed by atoms with Crippen LogP contribution in [0, 0.1) is 5.92 Å². The predicted octanol–water partition coefficient (Wildman–Crippen LogP) is 3.06. The maximum absolute atomic E-state index is 16.1. The van der Waals surface area contributed by atoms with Crippen molar-refractivity contribution in [3.05, 3.63) is 36.4 Å². The molecule has 5 rings (SSSR count). The number of carbonyl (C=O) groups excluding carboxylic acids is 3. The third-order valence-electron chi connectivity index (χ3n) is 9.20. The van der Waals surface area contributed by atoms with Gasteiger partial charge in [-0.05, 0) is 63.5 Å². The van der Waals surface area contributed by atoms with Gasteiger partial charge in [0.15, 0.2) is 5.60 Å². The number of nitrogens with one attached hydrogen (secondary N) is 2. The molecule has 0 unspecified atom stereocenters. The van der Waals surface area contributed by atoms with Crippen molar-refractivity contribution in [2.45, 2.75) is 81.5 Å². The Bertz CT molecular complexity index is 1190. The molecule has 9 nitrogen and oxygen atoms in total. The fraction of sp³-hybridized carbons (Fsp3) is 0.621. The molecule has 6 atom stereocenters. The molecule has 3 N–H and O–H groups in total. The van der Waals surface area contributed by atoms with Gasteiger partial charge in [-0.15, -0.1) is 6.58 Å². The van der Waals surface area contributed by atoms with Crippen LogP contribution >= 0.6 is 0 Å². The fourth-order valence-corrected chi connectivity index (χ4v) is 9.91. The average Bonchev–Trinajstić information content (AvgIpc) is 3.68. The van der Waals surface area contributed by atoms with Crippen LogP contribution in [0.15, 0.2) is 30.9 Å². The van der Waals surface area contributed by atoms with E-state index in [9.17, 15) is 19.5 Å². The summed E-state index contributed by atoms with van der Waals surface area (Å²) < 4.78 is 22.7. The number of halogens is 1. The van der Waals surface area contributed by atoms with Crippen LogP contribution in [0.5, 0.6) is 0 Å². The second kappa shape index (κ2) is 11.0. The Kier molecular flexibility index (Phi) is 7.95. The molecule has 3 fully saturated rings. The van der Waals surface area contributed by atoms with E-state index in [2.05, 4.69) is 17.2 Å². The first-order chi connectivity index (χ1) is 19.0. The molecule has 40 heavy (non-hydrogen) atoms. The smallest absolute Gasteiger partial charge is 0.264 e. The molecular formula is C29H41FN4O5Si. The van der Waals surface area contributed by atoms with Gasteiger partial charge in [0.05, 0.1) is 36.9 Å². The molecule has 1 aromatic carbocycles. The molecule has 4 aliphatic rings. The van der Waals surface area contributed by atoms with Gasteiger partial charge in [-0.2, -0.15) is 0 Å². The monoisotopic (exact) mass is 572 g/mol. The summed E-state index contributed by atoms with van der Waals surface area (Å²) in [5, 5.41) is 15.9. The summed E-state index contributed by atoms with van der Waals surface area (Å²) >= 11 is 0. The molecule has 4 aliphatic heterocycles. The summed E-state index contributed by atoms with van der Waals surface area (Å²) in [6.45, 7) is 10.3.